The Morgan fingerprint density at radius 3 is 1.24 bits per heavy atom. The zero-order valence-electron chi connectivity index (χ0n) is 15.7. The first-order valence-electron chi connectivity index (χ1n) is 7.77. The number of hydrogen-bond donors (Lipinski definition) is 0. The molecule has 1 fully saturated rings. The van der Waals surface area contributed by atoms with E-state index < -0.39 is 16.1 Å². The largest absolute Gasteiger partial charge is 1.00 e. The minimum Gasteiger partial charge on any atom is -0.532 e. The first kappa shape index (κ1) is 21.8. The van der Waals surface area contributed by atoms with Gasteiger partial charge in [0.15, 0.2) is 0 Å². The molecular formula is C16H32LiOPSi2. The molecule has 2 rings (SSSR count). The second-order valence-corrected chi connectivity index (χ2v) is 19.8. The maximum Gasteiger partial charge on any atom is 1.00 e. The maximum absolute atomic E-state index is 4.94. The van der Waals surface area contributed by atoms with Gasteiger partial charge in [-0.3, -0.25) is 0 Å². The summed E-state index contributed by atoms with van der Waals surface area (Å²) in [4.78, 5) is 3.55. The van der Waals surface area contributed by atoms with E-state index >= 15 is 0 Å². The van der Waals surface area contributed by atoms with Crippen LogP contribution in [0.15, 0.2) is 0 Å². The van der Waals surface area contributed by atoms with Gasteiger partial charge in [0.25, 0.3) is 0 Å². The van der Waals surface area contributed by atoms with Gasteiger partial charge in [-0.2, -0.15) is 0 Å². The van der Waals surface area contributed by atoms with E-state index in [4.69, 9.17) is 4.74 Å². The van der Waals surface area contributed by atoms with Gasteiger partial charge in [-0.25, -0.2) is 9.84 Å². The van der Waals surface area contributed by atoms with Gasteiger partial charge in [0, 0.05) is 29.4 Å². The fraction of sp³-hybridized carbons (Fsp3) is 0.750. The van der Waals surface area contributed by atoms with E-state index in [9.17, 15) is 0 Å². The van der Waals surface area contributed by atoms with Crippen molar-refractivity contribution in [2.75, 3.05) is 13.2 Å². The number of ether oxygens (including phenoxy) is 1. The minimum absolute atomic E-state index is 0. The molecular weight excluding hydrogens is 302 g/mol. The zero-order chi connectivity index (χ0) is 15.6. The molecule has 1 aliphatic heterocycles. The van der Waals surface area contributed by atoms with Crippen LogP contribution in [-0.4, -0.2) is 29.4 Å². The Labute approximate surface area is 147 Å². The molecule has 1 aromatic heterocycles. The first-order valence-corrected chi connectivity index (χ1v) is 15.7. The normalized spacial score (nSPS) is 15.2. The molecule has 0 aromatic carbocycles. The third kappa shape index (κ3) is 6.42. The van der Waals surface area contributed by atoms with Gasteiger partial charge in [0.1, 0.15) is 0 Å². The van der Waals surface area contributed by atoms with Gasteiger partial charge in [-0.1, -0.05) is 50.4 Å². The predicted molar refractivity (Wildman–Crippen MR) is 100 cm³/mol. The van der Waals surface area contributed by atoms with E-state index in [1.165, 1.54) is 12.8 Å². The van der Waals surface area contributed by atoms with E-state index in [0.29, 0.717) is 0 Å². The average molecular weight is 335 g/mol. The molecule has 1 aromatic rings. The van der Waals surface area contributed by atoms with Gasteiger partial charge < -0.3 is 12.9 Å². The van der Waals surface area contributed by atoms with Crippen molar-refractivity contribution in [3.05, 3.63) is 11.1 Å². The Morgan fingerprint density at radius 2 is 1.10 bits per heavy atom. The van der Waals surface area contributed by atoms with Crippen molar-refractivity contribution in [3.63, 3.8) is 0 Å². The standard InChI is InChI=1S/C12H24PSi2.C4H8O.Li/c1-9-10(2)12(15(6,7)8)13-11(9)14(3,4)5;1-2-4-5-3-1;/h1-8H3;1-4H2;/q-1;;+1. The van der Waals surface area contributed by atoms with Crippen molar-refractivity contribution in [1.29, 1.82) is 0 Å². The van der Waals surface area contributed by atoms with Gasteiger partial charge in [-0.15, -0.1) is 0 Å². The van der Waals surface area contributed by atoms with Crippen molar-refractivity contribution in [2.24, 2.45) is 0 Å². The molecule has 1 aliphatic rings. The summed E-state index contributed by atoms with van der Waals surface area (Å²) >= 11 is 0. The SMILES string of the molecule is C1CCOC1.Cc1c([Si](C)(C)C)[p-]c([Si](C)(C)C)c1C.[Li+]. The van der Waals surface area contributed by atoms with Crippen LogP contribution >= 0.6 is 8.19 Å². The molecule has 1 saturated heterocycles. The molecule has 0 aliphatic carbocycles. The molecule has 0 N–H and O–H groups in total. The molecule has 1 nitrogen and oxygen atoms in total. The third-order valence-electron chi connectivity index (χ3n) is 3.74. The summed E-state index contributed by atoms with van der Waals surface area (Å²) in [6.45, 7) is 21.5. The topological polar surface area (TPSA) is 9.23 Å². The van der Waals surface area contributed by atoms with E-state index in [-0.39, 0.29) is 18.9 Å². The Hall–Kier alpha value is 0.771. The molecule has 2 heterocycles. The van der Waals surface area contributed by atoms with Crippen LogP contribution in [0, 0.1) is 13.8 Å². The van der Waals surface area contributed by atoms with Crippen molar-refractivity contribution in [3.8, 4) is 0 Å². The van der Waals surface area contributed by atoms with Crippen LogP contribution < -0.4 is 28.7 Å². The van der Waals surface area contributed by atoms with Crippen molar-refractivity contribution >= 4 is 34.2 Å². The van der Waals surface area contributed by atoms with Crippen LogP contribution in [0.1, 0.15) is 24.0 Å². The predicted octanol–water partition coefficient (Wildman–Crippen LogP) is 1.49. The van der Waals surface area contributed by atoms with Crippen molar-refractivity contribution < 1.29 is 23.6 Å². The molecule has 5 heteroatoms. The Bertz CT molecular complexity index is 398. The van der Waals surface area contributed by atoms with E-state index in [1.54, 1.807) is 29.2 Å². The summed E-state index contributed by atoms with van der Waals surface area (Å²) < 4.78 is 4.94. The molecule has 0 unspecified atom stereocenters. The Morgan fingerprint density at radius 1 is 0.762 bits per heavy atom. The maximum atomic E-state index is 4.94. The minimum atomic E-state index is -1.10. The van der Waals surface area contributed by atoms with E-state index in [1.807, 2.05) is 0 Å². The fourth-order valence-corrected chi connectivity index (χ4v) is 9.81. The van der Waals surface area contributed by atoms with Crippen LogP contribution in [0.3, 0.4) is 0 Å². The van der Waals surface area contributed by atoms with Crippen LogP contribution in [0.2, 0.25) is 39.3 Å². The van der Waals surface area contributed by atoms with Crippen LogP contribution in [-0.2, 0) is 4.74 Å². The summed E-state index contributed by atoms with van der Waals surface area (Å²) in [5.41, 5.74) is 3.24. The van der Waals surface area contributed by atoms with Crippen molar-refractivity contribution in [1.82, 2.24) is 0 Å². The summed E-state index contributed by atoms with van der Waals surface area (Å²) in [6, 6.07) is 0. The van der Waals surface area contributed by atoms with Gasteiger partial charge in [0.2, 0.25) is 0 Å². The Balaban J connectivity index is 0.000000562. The second-order valence-electron chi connectivity index (χ2n) is 7.88. The number of rotatable bonds is 2. The molecule has 0 saturated carbocycles. The monoisotopic (exact) mass is 334 g/mol. The smallest absolute Gasteiger partial charge is 0.532 e. The molecule has 0 radical (unpaired) electrons. The van der Waals surface area contributed by atoms with Gasteiger partial charge in [-0.05, 0) is 26.7 Å². The molecule has 0 spiro atoms. The van der Waals surface area contributed by atoms with E-state index in [0.717, 1.165) is 13.2 Å². The first-order chi connectivity index (χ1) is 9.05. The third-order valence-corrected chi connectivity index (χ3v) is 13.2. The second kappa shape index (κ2) is 8.58. The summed E-state index contributed by atoms with van der Waals surface area (Å²) in [5.74, 6) is 0. The fourth-order valence-electron chi connectivity index (χ4n) is 2.61. The summed E-state index contributed by atoms with van der Waals surface area (Å²) in [7, 11) is -0.623. The molecule has 0 amide bonds. The molecule has 0 bridgehead atoms. The van der Waals surface area contributed by atoms with Crippen LogP contribution in [0.4, 0.5) is 0 Å². The van der Waals surface area contributed by atoms with Crippen molar-refractivity contribution in [2.45, 2.75) is 66.0 Å². The van der Waals surface area contributed by atoms with E-state index in [2.05, 4.69) is 53.1 Å². The van der Waals surface area contributed by atoms with Crippen LogP contribution in [0.5, 0.6) is 0 Å². The van der Waals surface area contributed by atoms with Crippen LogP contribution in [0.25, 0.3) is 0 Å². The van der Waals surface area contributed by atoms with Gasteiger partial charge >= 0.3 is 18.9 Å². The number of hydrogen-bond acceptors (Lipinski definition) is 1. The molecule has 21 heavy (non-hydrogen) atoms. The van der Waals surface area contributed by atoms with Gasteiger partial charge in [0.05, 0.1) is 0 Å². The average Bonchev–Trinajstić information content (AvgIpc) is 2.89. The quantitative estimate of drug-likeness (QED) is 0.745. The summed E-state index contributed by atoms with van der Waals surface area (Å²) in [5, 5.41) is 0. The summed E-state index contributed by atoms with van der Waals surface area (Å²) in [6.07, 6.45) is 2.56. The molecule has 116 valence electrons. The zero-order valence-corrected chi connectivity index (χ0v) is 18.6. The Kier molecular flexibility index (Phi) is 8.89. The molecule has 0 atom stereocenters.